The highest BCUT2D eigenvalue weighted by atomic mass is 35.5. The third kappa shape index (κ3) is 2.36. The van der Waals surface area contributed by atoms with Gasteiger partial charge in [-0.15, -0.1) is 0 Å². The molecule has 0 radical (unpaired) electrons. The highest BCUT2D eigenvalue weighted by Crippen LogP contribution is 2.32. The van der Waals surface area contributed by atoms with Crippen LogP contribution in [0.15, 0.2) is 18.2 Å². The molecule has 1 saturated carbocycles. The Bertz CT molecular complexity index is 659. The van der Waals surface area contributed by atoms with Crippen molar-refractivity contribution in [2.45, 2.75) is 45.2 Å². The van der Waals surface area contributed by atoms with Gasteiger partial charge in [-0.25, -0.2) is 4.98 Å². The summed E-state index contributed by atoms with van der Waals surface area (Å²) in [4.78, 5) is 7.47. The van der Waals surface area contributed by atoms with E-state index in [4.69, 9.17) is 16.6 Å². The van der Waals surface area contributed by atoms with Crippen LogP contribution < -0.4 is 0 Å². The van der Waals surface area contributed by atoms with E-state index >= 15 is 0 Å². The largest absolute Gasteiger partial charge is 0.327 e. The van der Waals surface area contributed by atoms with Crippen molar-refractivity contribution in [1.29, 1.82) is 0 Å². The van der Waals surface area contributed by atoms with Crippen molar-refractivity contribution < 1.29 is 0 Å². The fraction of sp³-hybridized carbons (Fsp3) is 0.588. The molecule has 4 rings (SSSR count). The predicted octanol–water partition coefficient (Wildman–Crippen LogP) is 3.74. The summed E-state index contributed by atoms with van der Waals surface area (Å²) in [7, 11) is 0. The molecule has 4 heteroatoms. The topological polar surface area (TPSA) is 21.1 Å². The first-order valence-corrected chi connectivity index (χ1v) is 8.49. The van der Waals surface area contributed by atoms with Gasteiger partial charge in [0.15, 0.2) is 0 Å². The number of rotatable bonds is 2. The summed E-state index contributed by atoms with van der Waals surface area (Å²) in [6.45, 7) is 5.73. The lowest BCUT2D eigenvalue weighted by Crippen LogP contribution is -2.42. The van der Waals surface area contributed by atoms with Gasteiger partial charge in [0.05, 0.1) is 11.0 Å². The molecule has 112 valence electrons. The van der Waals surface area contributed by atoms with E-state index in [1.807, 2.05) is 12.1 Å². The standard InChI is InChI=1S/C17H22ClN3/c1-12(13-3-2-4-13)20-8-7-17-19-15-11-14(18)5-6-16(15)21(17)10-9-20/h5-6,11-13H,2-4,7-10H2,1H3. The molecule has 0 N–H and O–H groups in total. The van der Waals surface area contributed by atoms with Crippen LogP contribution in [-0.4, -0.2) is 33.6 Å². The molecule has 1 aliphatic carbocycles. The highest BCUT2D eigenvalue weighted by molar-refractivity contribution is 6.31. The molecule has 21 heavy (non-hydrogen) atoms. The number of nitrogens with zero attached hydrogens (tertiary/aromatic N) is 3. The number of imidazole rings is 1. The summed E-state index contributed by atoms with van der Waals surface area (Å²) in [5.41, 5.74) is 2.27. The fourth-order valence-corrected chi connectivity index (χ4v) is 3.97. The average Bonchev–Trinajstić information content (AvgIpc) is 2.60. The lowest BCUT2D eigenvalue weighted by atomic mass is 9.80. The van der Waals surface area contributed by atoms with E-state index in [-0.39, 0.29) is 0 Å². The molecule has 2 heterocycles. The van der Waals surface area contributed by atoms with Crippen LogP contribution in [0.5, 0.6) is 0 Å². The summed E-state index contributed by atoms with van der Waals surface area (Å²) in [5.74, 6) is 2.14. The van der Waals surface area contributed by atoms with Crippen molar-refractivity contribution in [2.75, 3.05) is 13.1 Å². The molecule has 1 aliphatic heterocycles. The van der Waals surface area contributed by atoms with E-state index in [0.717, 1.165) is 48.6 Å². The quantitative estimate of drug-likeness (QED) is 0.843. The summed E-state index contributed by atoms with van der Waals surface area (Å²) in [6.07, 6.45) is 5.31. The van der Waals surface area contributed by atoms with Crippen LogP contribution in [0.3, 0.4) is 0 Å². The molecule has 0 spiro atoms. The minimum atomic E-state index is 0.726. The zero-order valence-corrected chi connectivity index (χ0v) is 13.3. The second-order valence-corrected chi connectivity index (χ2v) is 6.97. The van der Waals surface area contributed by atoms with Crippen molar-refractivity contribution in [3.63, 3.8) is 0 Å². The van der Waals surface area contributed by atoms with Crippen molar-refractivity contribution in [1.82, 2.24) is 14.5 Å². The normalized spacial score (nSPS) is 21.8. The van der Waals surface area contributed by atoms with Crippen LogP contribution >= 0.6 is 11.6 Å². The highest BCUT2D eigenvalue weighted by Gasteiger charge is 2.29. The van der Waals surface area contributed by atoms with E-state index in [1.165, 1.54) is 30.6 Å². The first-order chi connectivity index (χ1) is 10.2. The number of halogens is 1. The summed E-state index contributed by atoms with van der Waals surface area (Å²) < 4.78 is 2.39. The Labute approximate surface area is 130 Å². The Balaban J connectivity index is 1.58. The molecule has 0 amide bonds. The van der Waals surface area contributed by atoms with Crippen LogP contribution in [-0.2, 0) is 13.0 Å². The van der Waals surface area contributed by atoms with Gasteiger partial charge in [-0.1, -0.05) is 18.0 Å². The van der Waals surface area contributed by atoms with E-state index in [0.29, 0.717) is 0 Å². The molecular formula is C17H22ClN3. The summed E-state index contributed by atoms with van der Waals surface area (Å²) >= 11 is 6.08. The van der Waals surface area contributed by atoms with Crippen LogP contribution in [0, 0.1) is 5.92 Å². The first kappa shape index (κ1) is 13.6. The zero-order chi connectivity index (χ0) is 14.4. The summed E-state index contributed by atoms with van der Waals surface area (Å²) in [5, 5.41) is 0.774. The van der Waals surface area contributed by atoms with Gasteiger partial charge in [0.25, 0.3) is 0 Å². The maximum Gasteiger partial charge on any atom is 0.111 e. The van der Waals surface area contributed by atoms with Crippen molar-refractivity contribution in [2.24, 2.45) is 5.92 Å². The molecular weight excluding hydrogens is 282 g/mol. The number of benzene rings is 1. The van der Waals surface area contributed by atoms with E-state index < -0.39 is 0 Å². The minimum Gasteiger partial charge on any atom is -0.327 e. The maximum absolute atomic E-state index is 6.08. The van der Waals surface area contributed by atoms with Crippen molar-refractivity contribution in [3.8, 4) is 0 Å². The summed E-state index contributed by atoms with van der Waals surface area (Å²) in [6, 6.07) is 6.79. The number of hydrogen-bond donors (Lipinski definition) is 0. The number of fused-ring (bicyclic) bond motifs is 3. The van der Waals surface area contributed by atoms with Gasteiger partial charge in [0.2, 0.25) is 0 Å². The second-order valence-electron chi connectivity index (χ2n) is 6.53. The maximum atomic E-state index is 6.08. The molecule has 1 aromatic heterocycles. The monoisotopic (exact) mass is 303 g/mol. The van der Waals surface area contributed by atoms with Crippen molar-refractivity contribution in [3.05, 3.63) is 29.0 Å². The lowest BCUT2D eigenvalue weighted by Gasteiger charge is -2.38. The third-order valence-corrected chi connectivity index (χ3v) is 5.67. The molecule has 3 nitrogen and oxygen atoms in total. The SMILES string of the molecule is CC(C1CCC1)N1CCc2nc3cc(Cl)ccc3n2CC1. The number of hydrogen-bond acceptors (Lipinski definition) is 2. The third-order valence-electron chi connectivity index (χ3n) is 5.43. The van der Waals surface area contributed by atoms with Gasteiger partial charge in [0.1, 0.15) is 5.82 Å². The molecule has 2 aromatic rings. The molecule has 1 aromatic carbocycles. The average molecular weight is 304 g/mol. The molecule has 1 unspecified atom stereocenters. The molecule has 2 aliphatic rings. The van der Waals surface area contributed by atoms with Crippen LogP contribution in [0.2, 0.25) is 5.02 Å². The molecule has 0 bridgehead atoms. The van der Waals surface area contributed by atoms with E-state index in [9.17, 15) is 0 Å². The Morgan fingerprint density at radius 3 is 2.86 bits per heavy atom. The smallest absolute Gasteiger partial charge is 0.111 e. The molecule has 1 fully saturated rings. The first-order valence-electron chi connectivity index (χ1n) is 8.11. The Morgan fingerprint density at radius 1 is 1.24 bits per heavy atom. The van der Waals surface area contributed by atoms with Gasteiger partial charge in [-0.2, -0.15) is 0 Å². The van der Waals surface area contributed by atoms with E-state index in [1.54, 1.807) is 0 Å². The van der Waals surface area contributed by atoms with Gasteiger partial charge >= 0.3 is 0 Å². The zero-order valence-electron chi connectivity index (χ0n) is 12.6. The van der Waals surface area contributed by atoms with Gasteiger partial charge in [-0.3, -0.25) is 4.90 Å². The van der Waals surface area contributed by atoms with Gasteiger partial charge in [-0.05, 0) is 43.9 Å². The van der Waals surface area contributed by atoms with Crippen LogP contribution in [0.25, 0.3) is 11.0 Å². The van der Waals surface area contributed by atoms with E-state index in [2.05, 4.69) is 22.5 Å². The van der Waals surface area contributed by atoms with Crippen molar-refractivity contribution >= 4 is 22.6 Å². The Hall–Kier alpha value is -1.06. The number of aromatic nitrogens is 2. The van der Waals surface area contributed by atoms with Gasteiger partial charge < -0.3 is 4.57 Å². The van der Waals surface area contributed by atoms with Crippen LogP contribution in [0.1, 0.15) is 32.0 Å². The fourth-order valence-electron chi connectivity index (χ4n) is 3.80. The van der Waals surface area contributed by atoms with Gasteiger partial charge in [0, 0.05) is 37.1 Å². The lowest BCUT2D eigenvalue weighted by molar-refractivity contribution is 0.110. The molecule has 0 saturated heterocycles. The second kappa shape index (κ2) is 5.29. The Morgan fingerprint density at radius 2 is 2.10 bits per heavy atom. The predicted molar refractivity (Wildman–Crippen MR) is 86.8 cm³/mol. The Kier molecular flexibility index (Phi) is 3.43. The molecule has 1 atom stereocenters. The van der Waals surface area contributed by atoms with Crippen LogP contribution in [0.4, 0.5) is 0 Å². The minimum absolute atomic E-state index is 0.726.